The third-order valence-electron chi connectivity index (χ3n) is 2.14. The second-order valence-corrected chi connectivity index (χ2v) is 3.69. The van der Waals surface area contributed by atoms with Gasteiger partial charge in [-0.3, -0.25) is 0 Å². The van der Waals surface area contributed by atoms with Gasteiger partial charge < -0.3 is 10.2 Å². The van der Waals surface area contributed by atoms with Crippen LogP contribution < -0.4 is 10.2 Å². The highest BCUT2D eigenvalue weighted by Crippen LogP contribution is 2.16. The Morgan fingerprint density at radius 2 is 1.93 bits per heavy atom. The van der Waals surface area contributed by atoms with Crippen molar-refractivity contribution in [3.05, 3.63) is 29.3 Å². The van der Waals surface area contributed by atoms with Gasteiger partial charge in [-0.25, -0.2) is 0 Å². The lowest BCUT2D eigenvalue weighted by Crippen LogP contribution is -2.28. The van der Waals surface area contributed by atoms with Gasteiger partial charge in [-0.2, -0.15) is 0 Å². The van der Waals surface area contributed by atoms with Crippen molar-refractivity contribution in [2.45, 2.75) is 6.92 Å². The number of benzene rings is 1. The zero-order valence-corrected chi connectivity index (χ0v) is 9.51. The van der Waals surface area contributed by atoms with E-state index in [9.17, 15) is 0 Å². The van der Waals surface area contributed by atoms with Gasteiger partial charge in [0.2, 0.25) is 0 Å². The molecular formula is C11H17ClN2. The first kappa shape index (κ1) is 11.3. The molecule has 0 aromatic heterocycles. The number of nitrogens with zero attached hydrogens (tertiary/aromatic N) is 1. The van der Waals surface area contributed by atoms with Crippen LogP contribution in [0.15, 0.2) is 24.3 Å². The molecule has 0 aliphatic rings. The van der Waals surface area contributed by atoms with Crippen LogP contribution >= 0.6 is 11.6 Å². The predicted molar refractivity (Wildman–Crippen MR) is 63.3 cm³/mol. The topological polar surface area (TPSA) is 15.3 Å². The standard InChI is InChI=1S/C11H17ClN2/c1-3-13-8-9-14(2)11-6-4-10(12)5-7-11/h4-7,13H,3,8-9H2,1-2H3. The largest absolute Gasteiger partial charge is 0.373 e. The molecule has 0 amide bonds. The van der Waals surface area contributed by atoms with Crippen LogP contribution in [0.2, 0.25) is 5.02 Å². The molecule has 0 bridgehead atoms. The van der Waals surface area contributed by atoms with Gasteiger partial charge in [0.1, 0.15) is 0 Å². The molecule has 1 rings (SSSR count). The maximum Gasteiger partial charge on any atom is 0.0407 e. The number of halogens is 1. The fourth-order valence-electron chi connectivity index (χ4n) is 1.25. The lowest BCUT2D eigenvalue weighted by atomic mass is 10.3. The molecule has 3 heteroatoms. The van der Waals surface area contributed by atoms with Crippen LogP contribution in [0.25, 0.3) is 0 Å². The quantitative estimate of drug-likeness (QED) is 0.755. The third-order valence-corrected chi connectivity index (χ3v) is 2.39. The van der Waals surface area contributed by atoms with E-state index in [0.29, 0.717) is 0 Å². The molecule has 0 radical (unpaired) electrons. The van der Waals surface area contributed by atoms with Crippen LogP contribution in [0.3, 0.4) is 0 Å². The molecule has 14 heavy (non-hydrogen) atoms. The first-order chi connectivity index (χ1) is 6.74. The number of hydrogen-bond donors (Lipinski definition) is 1. The van der Waals surface area contributed by atoms with Crippen molar-refractivity contribution in [2.24, 2.45) is 0 Å². The Hall–Kier alpha value is -0.730. The summed E-state index contributed by atoms with van der Waals surface area (Å²) in [5, 5.41) is 4.08. The monoisotopic (exact) mass is 212 g/mol. The smallest absolute Gasteiger partial charge is 0.0407 e. The Morgan fingerprint density at radius 1 is 1.29 bits per heavy atom. The van der Waals surface area contributed by atoms with Crippen molar-refractivity contribution in [1.29, 1.82) is 0 Å². The fraction of sp³-hybridized carbons (Fsp3) is 0.455. The lowest BCUT2D eigenvalue weighted by Gasteiger charge is -2.19. The van der Waals surface area contributed by atoms with E-state index in [4.69, 9.17) is 11.6 Å². The average Bonchev–Trinajstić information content (AvgIpc) is 2.19. The molecule has 1 aromatic rings. The summed E-state index contributed by atoms with van der Waals surface area (Å²) >= 11 is 5.81. The Labute approximate surface area is 90.9 Å². The summed E-state index contributed by atoms with van der Waals surface area (Å²) < 4.78 is 0. The molecular weight excluding hydrogens is 196 g/mol. The van der Waals surface area contributed by atoms with Crippen LogP contribution in [0, 0.1) is 0 Å². The van der Waals surface area contributed by atoms with E-state index >= 15 is 0 Å². The molecule has 0 aliphatic heterocycles. The Bertz CT molecular complexity index is 258. The Balaban J connectivity index is 2.43. The van der Waals surface area contributed by atoms with E-state index in [1.165, 1.54) is 5.69 Å². The number of nitrogens with one attached hydrogen (secondary N) is 1. The summed E-state index contributed by atoms with van der Waals surface area (Å²) in [6, 6.07) is 7.91. The van der Waals surface area contributed by atoms with Gasteiger partial charge in [-0.15, -0.1) is 0 Å². The van der Waals surface area contributed by atoms with Crippen LogP contribution in [-0.2, 0) is 0 Å². The summed E-state index contributed by atoms with van der Waals surface area (Å²) in [4.78, 5) is 2.21. The molecule has 1 N–H and O–H groups in total. The molecule has 2 nitrogen and oxygen atoms in total. The van der Waals surface area contributed by atoms with Crippen LogP contribution in [0.5, 0.6) is 0 Å². The van der Waals surface area contributed by atoms with Crippen LogP contribution in [-0.4, -0.2) is 26.7 Å². The normalized spacial score (nSPS) is 10.2. The van der Waals surface area contributed by atoms with Crippen LogP contribution in [0.4, 0.5) is 5.69 Å². The van der Waals surface area contributed by atoms with Crippen LogP contribution in [0.1, 0.15) is 6.92 Å². The van der Waals surface area contributed by atoms with Crippen molar-refractivity contribution in [3.8, 4) is 0 Å². The van der Waals surface area contributed by atoms with Gasteiger partial charge in [-0.05, 0) is 30.8 Å². The number of hydrogen-bond acceptors (Lipinski definition) is 2. The fourth-order valence-corrected chi connectivity index (χ4v) is 1.37. The number of rotatable bonds is 5. The average molecular weight is 213 g/mol. The molecule has 0 spiro atoms. The molecule has 0 unspecified atom stereocenters. The van der Waals surface area contributed by atoms with E-state index < -0.39 is 0 Å². The summed E-state index contributed by atoms with van der Waals surface area (Å²) in [5.74, 6) is 0. The highest BCUT2D eigenvalue weighted by atomic mass is 35.5. The second-order valence-electron chi connectivity index (χ2n) is 3.25. The molecule has 0 heterocycles. The highest BCUT2D eigenvalue weighted by Gasteiger charge is 1.98. The van der Waals surface area contributed by atoms with Gasteiger partial charge in [-0.1, -0.05) is 18.5 Å². The minimum absolute atomic E-state index is 0.786. The first-order valence-corrected chi connectivity index (χ1v) is 5.29. The Morgan fingerprint density at radius 3 is 2.50 bits per heavy atom. The summed E-state index contributed by atoms with van der Waals surface area (Å²) in [6.07, 6.45) is 0. The maximum absolute atomic E-state index is 5.81. The molecule has 78 valence electrons. The van der Waals surface area contributed by atoms with Gasteiger partial charge in [0.25, 0.3) is 0 Å². The zero-order valence-electron chi connectivity index (χ0n) is 8.76. The SMILES string of the molecule is CCNCCN(C)c1ccc(Cl)cc1. The predicted octanol–water partition coefficient (Wildman–Crippen LogP) is 2.39. The number of likely N-dealkylation sites (N-methyl/N-ethyl adjacent to an activating group) is 2. The molecule has 0 saturated heterocycles. The van der Waals surface area contributed by atoms with E-state index in [-0.39, 0.29) is 0 Å². The van der Waals surface area contributed by atoms with Gasteiger partial charge in [0.15, 0.2) is 0 Å². The van der Waals surface area contributed by atoms with Gasteiger partial charge in [0, 0.05) is 30.8 Å². The third kappa shape index (κ3) is 3.56. The van der Waals surface area contributed by atoms with E-state index in [2.05, 4.69) is 24.2 Å². The summed E-state index contributed by atoms with van der Waals surface area (Å²) in [6.45, 7) is 5.15. The van der Waals surface area contributed by atoms with Crippen molar-refractivity contribution in [1.82, 2.24) is 5.32 Å². The van der Waals surface area contributed by atoms with Crippen molar-refractivity contribution >= 4 is 17.3 Å². The van der Waals surface area contributed by atoms with Crippen molar-refractivity contribution < 1.29 is 0 Å². The minimum Gasteiger partial charge on any atom is -0.373 e. The number of anilines is 1. The van der Waals surface area contributed by atoms with Crippen molar-refractivity contribution in [2.75, 3.05) is 31.6 Å². The summed E-state index contributed by atoms with van der Waals surface area (Å²) in [5.41, 5.74) is 1.20. The maximum atomic E-state index is 5.81. The van der Waals surface area contributed by atoms with Gasteiger partial charge in [0.05, 0.1) is 0 Å². The van der Waals surface area contributed by atoms with E-state index in [0.717, 1.165) is 24.7 Å². The Kier molecular flexibility index (Phi) is 4.77. The van der Waals surface area contributed by atoms with Gasteiger partial charge >= 0.3 is 0 Å². The molecule has 0 atom stereocenters. The first-order valence-electron chi connectivity index (χ1n) is 4.91. The second kappa shape index (κ2) is 5.89. The lowest BCUT2D eigenvalue weighted by molar-refractivity contribution is 0.706. The van der Waals surface area contributed by atoms with E-state index in [1.807, 2.05) is 24.3 Å². The van der Waals surface area contributed by atoms with Crippen molar-refractivity contribution in [3.63, 3.8) is 0 Å². The highest BCUT2D eigenvalue weighted by molar-refractivity contribution is 6.30. The zero-order chi connectivity index (χ0) is 10.4. The molecule has 0 aliphatic carbocycles. The molecule has 0 saturated carbocycles. The minimum atomic E-state index is 0.786. The molecule has 1 aromatic carbocycles. The molecule has 0 fully saturated rings. The summed E-state index contributed by atoms with van der Waals surface area (Å²) in [7, 11) is 2.08. The van der Waals surface area contributed by atoms with E-state index in [1.54, 1.807) is 0 Å².